The van der Waals surface area contributed by atoms with Gasteiger partial charge >= 0.3 is 0 Å². The van der Waals surface area contributed by atoms with Gasteiger partial charge in [-0.15, -0.1) is 0 Å². The van der Waals surface area contributed by atoms with Crippen molar-refractivity contribution in [3.8, 4) is 5.88 Å². The number of halogens is 2. The lowest BCUT2D eigenvalue weighted by atomic mass is 10.1. The third kappa shape index (κ3) is 3.41. The van der Waals surface area contributed by atoms with E-state index in [2.05, 4.69) is 4.98 Å². The van der Waals surface area contributed by atoms with Gasteiger partial charge < -0.3 is 10.5 Å². The molecule has 0 fully saturated rings. The van der Waals surface area contributed by atoms with Gasteiger partial charge in [0.05, 0.1) is 0 Å². The van der Waals surface area contributed by atoms with Crippen LogP contribution in [0.1, 0.15) is 31.0 Å². The summed E-state index contributed by atoms with van der Waals surface area (Å²) in [5, 5.41) is 0. The van der Waals surface area contributed by atoms with Gasteiger partial charge in [0.2, 0.25) is 5.88 Å². The fourth-order valence-electron chi connectivity index (χ4n) is 1.29. The molecule has 0 aliphatic carbocycles. The van der Waals surface area contributed by atoms with Gasteiger partial charge in [-0.25, -0.2) is 13.8 Å². The summed E-state index contributed by atoms with van der Waals surface area (Å²) in [6.45, 7) is 3.13. The minimum atomic E-state index is -2.49. The number of ether oxygens (including phenoxy) is 1. The van der Waals surface area contributed by atoms with Crippen molar-refractivity contribution in [1.82, 2.24) is 4.98 Å². The van der Waals surface area contributed by atoms with E-state index in [9.17, 15) is 8.78 Å². The summed E-state index contributed by atoms with van der Waals surface area (Å²) in [6, 6.07) is 1.72. The van der Waals surface area contributed by atoms with Crippen molar-refractivity contribution in [2.24, 2.45) is 5.73 Å². The van der Waals surface area contributed by atoms with Crippen molar-refractivity contribution in [1.29, 1.82) is 0 Å². The Balaban J connectivity index is 2.84. The van der Waals surface area contributed by atoms with E-state index in [1.165, 1.54) is 0 Å². The van der Waals surface area contributed by atoms with Crippen molar-refractivity contribution in [3.05, 3.63) is 23.4 Å². The smallest absolute Gasteiger partial charge is 0.272 e. The molecule has 1 heterocycles. The van der Waals surface area contributed by atoms with Gasteiger partial charge in [0.15, 0.2) is 6.61 Å². The van der Waals surface area contributed by atoms with Crippen LogP contribution in [-0.2, 0) is 6.42 Å². The molecular weight excluding hydrogens is 214 g/mol. The number of pyridine rings is 1. The van der Waals surface area contributed by atoms with E-state index in [1.807, 2.05) is 19.9 Å². The highest BCUT2D eigenvalue weighted by Crippen LogP contribution is 2.20. The monoisotopic (exact) mass is 230 g/mol. The van der Waals surface area contributed by atoms with Crippen LogP contribution in [0, 0.1) is 0 Å². The number of aryl methyl sites for hydroxylation is 1. The molecule has 0 aromatic carbocycles. The highest BCUT2D eigenvalue weighted by Gasteiger charge is 2.10. The Bertz CT molecular complexity index is 343. The maximum atomic E-state index is 12.0. The fraction of sp³-hybridized carbons (Fsp3) is 0.545. The Morgan fingerprint density at radius 2 is 2.19 bits per heavy atom. The fourth-order valence-corrected chi connectivity index (χ4v) is 1.29. The van der Waals surface area contributed by atoms with Crippen LogP contribution in [-0.4, -0.2) is 18.0 Å². The van der Waals surface area contributed by atoms with Crippen LogP contribution < -0.4 is 10.5 Å². The average Bonchev–Trinajstić information content (AvgIpc) is 2.25. The zero-order chi connectivity index (χ0) is 12.1. The molecule has 90 valence electrons. The summed E-state index contributed by atoms with van der Waals surface area (Å²) >= 11 is 0. The Labute approximate surface area is 93.6 Å². The molecule has 5 heteroatoms. The first-order valence-corrected chi connectivity index (χ1v) is 5.20. The van der Waals surface area contributed by atoms with E-state index < -0.39 is 13.0 Å². The average molecular weight is 230 g/mol. The van der Waals surface area contributed by atoms with Crippen molar-refractivity contribution >= 4 is 0 Å². The zero-order valence-electron chi connectivity index (χ0n) is 9.41. The number of aromatic nitrogens is 1. The lowest BCUT2D eigenvalue weighted by Gasteiger charge is -2.12. The third-order valence-corrected chi connectivity index (χ3v) is 2.20. The van der Waals surface area contributed by atoms with Crippen molar-refractivity contribution in [2.45, 2.75) is 32.7 Å². The second-order valence-corrected chi connectivity index (χ2v) is 3.58. The molecule has 0 saturated heterocycles. The Hall–Kier alpha value is -1.23. The van der Waals surface area contributed by atoms with Crippen molar-refractivity contribution in [3.63, 3.8) is 0 Å². The van der Waals surface area contributed by atoms with Gasteiger partial charge in [-0.2, -0.15) is 0 Å². The maximum absolute atomic E-state index is 12.0. The number of nitrogens with zero attached hydrogens (tertiary/aromatic N) is 1. The number of alkyl halides is 2. The van der Waals surface area contributed by atoms with Crippen LogP contribution in [0.5, 0.6) is 5.88 Å². The first-order valence-electron chi connectivity index (χ1n) is 5.20. The first kappa shape index (κ1) is 12.8. The van der Waals surface area contributed by atoms with Crippen LogP contribution in [0.25, 0.3) is 0 Å². The molecule has 0 aliphatic rings. The van der Waals surface area contributed by atoms with Crippen molar-refractivity contribution < 1.29 is 13.5 Å². The molecule has 2 N–H and O–H groups in total. The second-order valence-electron chi connectivity index (χ2n) is 3.58. The number of rotatable bonds is 5. The molecule has 16 heavy (non-hydrogen) atoms. The summed E-state index contributed by atoms with van der Waals surface area (Å²) in [5.41, 5.74) is 7.39. The summed E-state index contributed by atoms with van der Waals surface area (Å²) in [7, 11) is 0. The van der Waals surface area contributed by atoms with Crippen LogP contribution >= 0.6 is 0 Å². The number of hydrogen-bond donors (Lipinski definition) is 1. The predicted octanol–water partition coefficient (Wildman–Crippen LogP) is 2.31. The molecule has 0 radical (unpaired) electrons. The molecule has 0 saturated carbocycles. The maximum Gasteiger partial charge on any atom is 0.272 e. The summed E-state index contributed by atoms with van der Waals surface area (Å²) in [4.78, 5) is 4.01. The van der Waals surface area contributed by atoms with E-state index in [4.69, 9.17) is 10.5 Å². The molecule has 0 bridgehead atoms. The molecule has 1 atom stereocenters. The lowest BCUT2D eigenvalue weighted by Crippen LogP contribution is -2.11. The highest BCUT2D eigenvalue weighted by atomic mass is 19.3. The third-order valence-electron chi connectivity index (χ3n) is 2.20. The standard InChI is InChI=1S/C11H16F2N2O/c1-3-8-4-9(7(2)14)5-15-11(8)16-6-10(12)13/h4-5,7,10H,3,6,14H2,1-2H3. The van der Waals surface area contributed by atoms with Gasteiger partial charge in [-0.05, 0) is 25.0 Å². The van der Waals surface area contributed by atoms with Crippen LogP contribution in [0.4, 0.5) is 8.78 Å². The molecule has 0 amide bonds. The van der Waals surface area contributed by atoms with Gasteiger partial charge in [0.1, 0.15) is 0 Å². The normalized spacial score (nSPS) is 12.9. The van der Waals surface area contributed by atoms with Crippen LogP contribution in [0.15, 0.2) is 12.3 Å². The SMILES string of the molecule is CCc1cc(C(C)N)cnc1OCC(F)F. The topological polar surface area (TPSA) is 48.1 Å². The van der Waals surface area contributed by atoms with E-state index >= 15 is 0 Å². The van der Waals surface area contributed by atoms with Gasteiger partial charge in [-0.3, -0.25) is 0 Å². The van der Waals surface area contributed by atoms with Crippen molar-refractivity contribution in [2.75, 3.05) is 6.61 Å². The molecule has 1 aromatic rings. The molecule has 1 rings (SSSR count). The van der Waals surface area contributed by atoms with Gasteiger partial charge in [0, 0.05) is 17.8 Å². The van der Waals surface area contributed by atoms with E-state index in [0.717, 1.165) is 11.1 Å². The minimum absolute atomic E-state index is 0.123. The Morgan fingerprint density at radius 3 is 2.69 bits per heavy atom. The molecule has 0 spiro atoms. The van der Waals surface area contributed by atoms with E-state index in [0.29, 0.717) is 6.42 Å². The minimum Gasteiger partial charge on any atom is -0.471 e. The van der Waals surface area contributed by atoms with Crippen LogP contribution in [0.3, 0.4) is 0 Å². The number of nitrogens with two attached hydrogens (primary N) is 1. The predicted molar refractivity (Wildman–Crippen MR) is 57.7 cm³/mol. The molecule has 1 unspecified atom stereocenters. The summed E-state index contributed by atoms with van der Waals surface area (Å²) < 4.78 is 28.9. The Kier molecular flexibility index (Phi) is 4.61. The first-order chi connectivity index (χ1) is 7.54. The molecule has 1 aromatic heterocycles. The zero-order valence-corrected chi connectivity index (χ0v) is 9.41. The highest BCUT2D eigenvalue weighted by molar-refractivity contribution is 5.31. The second kappa shape index (κ2) is 5.75. The lowest BCUT2D eigenvalue weighted by molar-refractivity contribution is 0.0790. The molecule has 0 aliphatic heterocycles. The summed E-state index contributed by atoms with van der Waals surface area (Å²) in [6.07, 6.45) is -0.254. The largest absolute Gasteiger partial charge is 0.471 e. The summed E-state index contributed by atoms with van der Waals surface area (Å²) in [5.74, 6) is 0.271. The van der Waals surface area contributed by atoms with Gasteiger partial charge in [-0.1, -0.05) is 6.92 Å². The van der Waals surface area contributed by atoms with E-state index in [-0.39, 0.29) is 11.9 Å². The van der Waals surface area contributed by atoms with Crippen LogP contribution in [0.2, 0.25) is 0 Å². The molecular formula is C11H16F2N2O. The van der Waals surface area contributed by atoms with Gasteiger partial charge in [0.25, 0.3) is 6.43 Å². The Morgan fingerprint density at radius 1 is 1.50 bits per heavy atom. The quantitative estimate of drug-likeness (QED) is 0.844. The molecule has 3 nitrogen and oxygen atoms in total. The van der Waals surface area contributed by atoms with E-state index in [1.54, 1.807) is 6.20 Å². The number of hydrogen-bond acceptors (Lipinski definition) is 3.